The second kappa shape index (κ2) is 4.36. The van der Waals surface area contributed by atoms with Gasteiger partial charge < -0.3 is 0 Å². The van der Waals surface area contributed by atoms with E-state index in [1.807, 2.05) is 4.72 Å². The first-order chi connectivity index (χ1) is 5.71. The van der Waals surface area contributed by atoms with E-state index in [2.05, 4.69) is 0 Å². The SMILES string of the molecule is CNS(=O)(=O)CCS(=O)(=O)N(C)C. The molecule has 0 aromatic carbocycles. The lowest BCUT2D eigenvalue weighted by Crippen LogP contribution is -2.32. The Hall–Kier alpha value is -0.180. The molecule has 0 unspecified atom stereocenters. The Morgan fingerprint density at radius 3 is 1.85 bits per heavy atom. The smallest absolute Gasteiger partial charge is 0.214 e. The van der Waals surface area contributed by atoms with E-state index in [1.54, 1.807) is 0 Å². The van der Waals surface area contributed by atoms with E-state index in [1.165, 1.54) is 21.1 Å². The fraction of sp³-hybridized carbons (Fsp3) is 1.00. The van der Waals surface area contributed by atoms with Gasteiger partial charge in [-0.3, -0.25) is 0 Å². The van der Waals surface area contributed by atoms with Crippen LogP contribution in [0, 0.1) is 0 Å². The molecule has 0 fully saturated rings. The van der Waals surface area contributed by atoms with Crippen LogP contribution in [0.3, 0.4) is 0 Å². The summed E-state index contributed by atoms with van der Waals surface area (Å²) in [5.41, 5.74) is 0. The van der Waals surface area contributed by atoms with Gasteiger partial charge in [0.2, 0.25) is 20.0 Å². The van der Waals surface area contributed by atoms with Crippen molar-refractivity contribution in [1.82, 2.24) is 9.03 Å². The van der Waals surface area contributed by atoms with Gasteiger partial charge in [-0.05, 0) is 7.05 Å². The Balaban J connectivity index is 4.37. The predicted octanol–water partition coefficient (Wildman–Crippen LogP) is -1.57. The first-order valence-corrected chi connectivity index (χ1v) is 6.79. The maximum Gasteiger partial charge on any atom is 0.214 e. The van der Waals surface area contributed by atoms with E-state index in [4.69, 9.17) is 0 Å². The van der Waals surface area contributed by atoms with Crippen molar-refractivity contribution < 1.29 is 16.8 Å². The van der Waals surface area contributed by atoms with Crippen LogP contribution in [-0.2, 0) is 20.0 Å². The van der Waals surface area contributed by atoms with E-state index in [0.717, 1.165) is 4.31 Å². The van der Waals surface area contributed by atoms with Gasteiger partial charge in [-0.2, -0.15) is 0 Å². The Labute approximate surface area is 79.0 Å². The van der Waals surface area contributed by atoms with Crippen molar-refractivity contribution in [2.24, 2.45) is 0 Å². The summed E-state index contributed by atoms with van der Waals surface area (Å²) in [6.45, 7) is 0. The maximum absolute atomic E-state index is 11.1. The van der Waals surface area contributed by atoms with Gasteiger partial charge >= 0.3 is 0 Å². The normalized spacial score (nSPS) is 13.5. The van der Waals surface area contributed by atoms with Crippen molar-refractivity contribution in [2.75, 3.05) is 32.6 Å². The van der Waals surface area contributed by atoms with Gasteiger partial charge in [0.1, 0.15) is 0 Å². The fourth-order valence-electron chi connectivity index (χ4n) is 0.500. The average molecular weight is 230 g/mol. The zero-order valence-corrected chi connectivity index (χ0v) is 9.44. The standard InChI is InChI=1S/C5H14N2O4S2/c1-6-12(8,9)4-5-13(10,11)7(2)3/h6H,4-5H2,1-3H3. The summed E-state index contributed by atoms with van der Waals surface area (Å²) in [7, 11) is -2.90. The summed E-state index contributed by atoms with van der Waals surface area (Å²) in [4.78, 5) is 0. The molecule has 6 nitrogen and oxygen atoms in total. The molecule has 0 bridgehead atoms. The van der Waals surface area contributed by atoms with Gasteiger partial charge in [0, 0.05) is 14.1 Å². The molecule has 0 saturated heterocycles. The molecule has 8 heteroatoms. The van der Waals surface area contributed by atoms with Crippen LogP contribution in [0.2, 0.25) is 0 Å². The lowest BCUT2D eigenvalue weighted by molar-refractivity contribution is 0.521. The second-order valence-corrected chi connectivity index (χ2v) is 6.97. The Kier molecular flexibility index (Phi) is 4.30. The zero-order chi connectivity index (χ0) is 10.7. The van der Waals surface area contributed by atoms with Crippen molar-refractivity contribution in [2.45, 2.75) is 0 Å². The lowest BCUT2D eigenvalue weighted by atomic mass is 11.0. The molecule has 0 aliphatic rings. The third kappa shape index (κ3) is 4.55. The number of hydrogen-bond donors (Lipinski definition) is 1. The van der Waals surface area contributed by atoms with Gasteiger partial charge in [0.15, 0.2) is 0 Å². The third-order valence-electron chi connectivity index (χ3n) is 1.48. The van der Waals surface area contributed by atoms with Crippen molar-refractivity contribution in [3.63, 3.8) is 0 Å². The largest absolute Gasteiger partial charge is 0.218 e. The molecule has 0 aromatic rings. The molecule has 0 rings (SSSR count). The molecule has 0 saturated carbocycles. The molecule has 0 atom stereocenters. The van der Waals surface area contributed by atoms with Crippen LogP contribution in [-0.4, -0.2) is 53.8 Å². The minimum Gasteiger partial charge on any atom is -0.218 e. The molecular formula is C5H14N2O4S2. The van der Waals surface area contributed by atoms with Crippen LogP contribution in [0.15, 0.2) is 0 Å². The summed E-state index contributed by atoms with van der Waals surface area (Å²) >= 11 is 0. The minimum atomic E-state index is -3.44. The highest BCUT2D eigenvalue weighted by Gasteiger charge is 2.17. The van der Waals surface area contributed by atoms with Crippen LogP contribution in [0.5, 0.6) is 0 Å². The molecule has 0 aliphatic carbocycles. The van der Waals surface area contributed by atoms with Crippen LogP contribution in [0.4, 0.5) is 0 Å². The fourth-order valence-corrected chi connectivity index (χ4v) is 2.79. The lowest BCUT2D eigenvalue weighted by Gasteiger charge is -2.10. The number of nitrogens with one attached hydrogen (secondary N) is 1. The van der Waals surface area contributed by atoms with Gasteiger partial charge in [0.05, 0.1) is 11.5 Å². The van der Waals surface area contributed by atoms with E-state index in [-0.39, 0.29) is 0 Å². The van der Waals surface area contributed by atoms with E-state index in [0.29, 0.717) is 0 Å². The van der Waals surface area contributed by atoms with Gasteiger partial charge in [0.25, 0.3) is 0 Å². The number of hydrogen-bond acceptors (Lipinski definition) is 4. The van der Waals surface area contributed by atoms with E-state index >= 15 is 0 Å². The van der Waals surface area contributed by atoms with Gasteiger partial charge in [-0.15, -0.1) is 0 Å². The molecule has 0 radical (unpaired) electrons. The highest BCUT2D eigenvalue weighted by molar-refractivity contribution is 7.93. The average Bonchev–Trinajstić information content (AvgIpc) is 2.01. The zero-order valence-electron chi connectivity index (χ0n) is 7.81. The Bertz CT molecular complexity index is 343. The van der Waals surface area contributed by atoms with Crippen LogP contribution < -0.4 is 4.72 Å². The molecule has 0 aromatic heterocycles. The van der Waals surface area contributed by atoms with E-state index < -0.39 is 31.6 Å². The maximum atomic E-state index is 11.1. The summed E-state index contributed by atoms with van der Waals surface area (Å²) in [5.74, 6) is -0.812. The predicted molar refractivity (Wildman–Crippen MR) is 50.3 cm³/mol. The molecular weight excluding hydrogens is 216 g/mol. The molecule has 80 valence electrons. The van der Waals surface area contributed by atoms with Crippen molar-refractivity contribution in [1.29, 1.82) is 0 Å². The second-order valence-electron chi connectivity index (χ2n) is 2.62. The van der Waals surface area contributed by atoms with Crippen LogP contribution in [0.1, 0.15) is 0 Å². The van der Waals surface area contributed by atoms with Gasteiger partial charge in [-0.25, -0.2) is 25.9 Å². The molecule has 13 heavy (non-hydrogen) atoms. The summed E-state index contributed by atoms with van der Waals surface area (Å²) in [6, 6.07) is 0. The Morgan fingerprint density at radius 1 is 1.08 bits per heavy atom. The molecule has 1 N–H and O–H groups in total. The Morgan fingerprint density at radius 2 is 1.54 bits per heavy atom. The number of sulfonamides is 2. The van der Waals surface area contributed by atoms with Crippen molar-refractivity contribution in [3.05, 3.63) is 0 Å². The summed E-state index contributed by atoms with van der Waals surface area (Å²) < 4.78 is 47.0. The molecule has 0 aliphatic heterocycles. The molecule has 0 amide bonds. The first kappa shape index (κ1) is 12.8. The monoisotopic (exact) mass is 230 g/mol. The molecule has 0 spiro atoms. The third-order valence-corrected chi connectivity index (χ3v) is 4.93. The highest BCUT2D eigenvalue weighted by Crippen LogP contribution is 1.95. The number of rotatable bonds is 5. The first-order valence-electron chi connectivity index (χ1n) is 3.53. The van der Waals surface area contributed by atoms with Gasteiger partial charge in [-0.1, -0.05) is 0 Å². The topological polar surface area (TPSA) is 83.5 Å². The van der Waals surface area contributed by atoms with Crippen molar-refractivity contribution >= 4 is 20.0 Å². The van der Waals surface area contributed by atoms with Crippen molar-refractivity contribution in [3.8, 4) is 0 Å². The van der Waals surface area contributed by atoms with Crippen LogP contribution >= 0.6 is 0 Å². The number of nitrogens with zero attached hydrogens (tertiary/aromatic N) is 1. The summed E-state index contributed by atoms with van der Waals surface area (Å²) in [5, 5.41) is 0. The minimum absolute atomic E-state index is 0.400. The quantitative estimate of drug-likeness (QED) is 0.618. The summed E-state index contributed by atoms with van der Waals surface area (Å²) in [6.07, 6.45) is 0. The van der Waals surface area contributed by atoms with E-state index in [9.17, 15) is 16.8 Å². The molecule has 0 heterocycles. The highest BCUT2D eigenvalue weighted by atomic mass is 32.2. The van der Waals surface area contributed by atoms with Crippen LogP contribution in [0.25, 0.3) is 0 Å².